The van der Waals surface area contributed by atoms with Gasteiger partial charge >= 0.3 is 0 Å². The quantitative estimate of drug-likeness (QED) is 0.459. The number of pyridine rings is 1. The Labute approximate surface area is 153 Å². The molecule has 0 aliphatic rings. The van der Waals surface area contributed by atoms with E-state index in [1.807, 2.05) is 42.7 Å². The van der Waals surface area contributed by atoms with Gasteiger partial charge in [0.15, 0.2) is 0 Å². The van der Waals surface area contributed by atoms with Crippen LogP contribution in [0.15, 0.2) is 73.1 Å². The largest absolute Gasteiger partial charge is 0.492 e. The van der Waals surface area contributed by atoms with Gasteiger partial charge in [-0.15, -0.1) is 0 Å². The molecule has 3 aromatic rings. The van der Waals surface area contributed by atoms with Crippen molar-refractivity contribution in [1.82, 2.24) is 10.3 Å². The average molecular weight is 347 g/mol. The van der Waals surface area contributed by atoms with Crippen LogP contribution in [-0.2, 0) is 11.3 Å². The van der Waals surface area contributed by atoms with E-state index in [0.29, 0.717) is 13.0 Å². The highest BCUT2D eigenvalue weighted by Gasteiger charge is 2.00. The van der Waals surface area contributed by atoms with Crippen molar-refractivity contribution in [2.24, 2.45) is 0 Å². The van der Waals surface area contributed by atoms with Crippen LogP contribution in [0.1, 0.15) is 5.56 Å². The van der Waals surface area contributed by atoms with E-state index in [2.05, 4.69) is 33.8 Å². The highest BCUT2D eigenvalue weighted by molar-refractivity contribution is 5.71. The first-order valence-corrected chi connectivity index (χ1v) is 8.48. The molecule has 0 atom stereocenters. The SMILES string of the molecule is O=CNc1ccc(OCCNCc2cncc(-c3ccccc3)c2)cc1. The molecule has 0 unspecified atom stereocenters. The third-order valence-electron chi connectivity index (χ3n) is 3.86. The molecule has 1 heterocycles. The number of carbonyl (C=O) groups is 1. The molecule has 132 valence electrons. The summed E-state index contributed by atoms with van der Waals surface area (Å²) in [6.45, 7) is 2.02. The molecule has 0 aliphatic heterocycles. The van der Waals surface area contributed by atoms with Gasteiger partial charge in [0.05, 0.1) is 0 Å². The van der Waals surface area contributed by atoms with E-state index in [1.54, 1.807) is 12.1 Å². The lowest BCUT2D eigenvalue weighted by Gasteiger charge is -2.09. The Morgan fingerprint density at radius 3 is 2.54 bits per heavy atom. The Balaban J connectivity index is 1.43. The van der Waals surface area contributed by atoms with Crippen LogP contribution in [0.5, 0.6) is 5.75 Å². The van der Waals surface area contributed by atoms with Crippen molar-refractivity contribution < 1.29 is 9.53 Å². The standard InChI is InChI=1S/C21H21N3O2/c25-16-24-20-6-8-21(9-7-20)26-11-10-22-13-17-12-19(15-23-14-17)18-4-2-1-3-5-18/h1-9,12,14-16,22H,10-11,13H2,(H,24,25). The molecule has 0 saturated heterocycles. The number of rotatable bonds is 9. The molecular formula is C21H21N3O2. The van der Waals surface area contributed by atoms with Crippen molar-refractivity contribution in [2.45, 2.75) is 6.54 Å². The van der Waals surface area contributed by atoms with Gasteiger partial charge in [0.25, 0.3) is 0 Å². The summed E-state index contributed by atoms with van der Waals surface area (Å²) >= 11 is 0. The summed E-state index contributed by atoms with van der Waals surface area (Å²) in [6.07, 6.45) is 4.41. The molecule has 0 radical (unpaired) electrons. The number of amides is 1. The minimum Gasteiger partial charge on any atom is -0.492 e. The highest BCUT2D eigenvalue weighted by atomic mass is 16.5. The van der Waals surface area contributed by atoms with Crippen molar-refractivity contribution in [2.75, 3.05) is 18.5 Å². The fraction of sp³-hybridized carbons (Fsp3) is 0.143. The van der Waals surface area contributed by atoms with Crippen LogP contribution in [0.2, 0.25) is 0 Å². The van der Waals surface area contributed by atoms with Crippen molar-refractivity contribution in [1.29, 1.82) is 0 Å². The Morgan fingerprint density at radius 2 is 1.77 bits per heavy atom. The summed E-state index contributed by atoms with van der Waals surface area (Å²) in [5.74, 6) is 0.774. The van der Waals surface area contributed by atoms with E-state index in [-0.39, 0.29) is 0 Å². The Hall–Kier alpha value is -3.18. The minimum absolute atomic E-state index is 0.562. The number of anilines is 1. The van der Waals surface area contributed by atoms with E-state index in [9.17, 15) is 4.79 Å². The van der Waals surface area contributed by atoms with Gasteiger partial charge < -0.3 is 15.4 Å². The molecule has 0 spiro atoms. The van der Waals surface area contributed by atoms with E-state index in [4.69, 9.17) is 4.74 Å². The van der Waals surface area contributed by atoms with E-state index >= 15 is 0 Å². The Morgan fingerprint density at radius 1 is 0.962 bits per heavy atom. The summed E-state index contributed by atoms with van der Waals surface area (Å²) in [5, 5.41) is 5.95. The maximum Gasteiger partial charge on any atom is 0.211 e. The van der Waals surface area contributed by atoms with Gasteiger partial charge in [-0.3, -0.25) is 9.78 Å². The van der Waals surface area contributed by atoms with Crippen LogP contribution in [0.3, 0.4) is 0 Å². The van der Waals surface area contributed by atoms with Crippen molar-refractivity contribution in [3.05, 3.63) is 78.6 Å². The molecule has 2 N–H and O–H groups in total. The Bertz CT molecular complexity index is 820. The first-order chi connectivity index (χ1) is 12.8. The zero-order valence-corrected chi connectivity index (χ0v) is 14.4. The van der Waals surface area contributed by atoms with Gasteiger partial charge in [0.2, 0.25) is 6.41 Å². The molecular weight excluding hydrogens is 326 g/mol. The van der Waals surface area contributed by atoms with Crippen LogP contribution in [0.25, 0.3) is 11.1 Å². The second kappa shape index (κ2) is 9.34. The number of carbonyl (C=O) groups excluding carboxylic acids is 1. The first-order valence-electron chi connectivity index (χ1n) is 8.48. The molecule has 26 heavy (non-hydrogen) atoms. The first kappa shape index (κ1) is 17.6. The molecule has 5 nitrogen and oxygen atoms in total. The summed E-state index contributed by atoms with van der Waals surface area (Å²) in [4.78, 5) is 14.7. The number of benzene rings is 2. The van der Waals surface area contributed by atoms with Gasteiger partial charge in [-0.25, -0.2) is 0 Å². The topological polar surface area (TPSA) is 63.2 Å². The second-order valence-electron chi connectivity index (χ2n) is 5.76. The van der Waals surface area contributed by atoms with Gasteiger partial charge in [0, 0.05) is 36.7 Å². The lowest BCUT2D eigenvalue weighted by Crippen LogP contribution is -2.20. The second-order valence-corrected chi connectivity index (χ2v) is 5.76. The molecule has 3 rings (SSSR count). The van der Waals surface area contributed by atoms with Gasteiger partial charge in [-0.05, 0) is 41.5 Å². The van der Waals surface area contributed by atoms with Crippen LogP contribution >= 0.6 is 0 Å². The molecule has 0 aliphatic carbocycles. The number of hydrogen-bond acceptors (Lipinski definition) is 4. The normalized spacial score (nSPS) is 10.3. The average Bonchev–Trinajstić information content (AvgIpc) is 2.70. The molecule has 1 aromatic heterocycles. The van der Waals surface area contributed by atoms with E-state index in [0.717, 1.165) is 41.2 Å². The highest BCUT2D eigenvalue weighted by Crippen LogP contribution is 2.18. The monoisotopic (exact) mass is 347 g/mol. The van der Waals surface area contributed by atoms with Crippen LogP contribution in [-0.4, -0.2) is 24.5 Å². The number of nitrogens with zero attached hydrogens (tertiary/aromatic N) is 1. The number of hydrogen-bond donors (Lipinski definition) is 2. The Kier molecular flexibility index (Phi) is 6.34. The molecule has 5 heteroatoms. The smallest absolute Gasteiger partial charge is 0.211 e. The summed E-state index contributed by atoms with van der Waals surface area (Å²) < 4.78 is 5.68. The van der Waals surface area contributed by atoms with Crippen molar-refractivity contribution in [3.63, 3.8) is 0 Å². The molecule has 0 fully saturated rings. The number of nitrogens with one attached hydrogen (secondary N) is 2. The van der Waals surface area contributed by atoms with Crippen LogP contribution in [0.4, 0.5) is 5.69 Å². The molecule has 1 amide bonds. The maximum atomic E-state index is 10.4. The lowest BCUT2D eigenvalue weighted by atomic mass is 10.1. The molecule has 2 aromatic carbocycles. The van der Waals surface area contributed by atoms with Crippen LogP contribution in [0, 0.1) is 0 Å². The third kappa shape index (κ3) is 5.16. The summed E-state index contributed by atoms with van der Waals surface area (Å²) in [6, 6.07) is 19.6. The van der Waals surface area contributed by atoms with E-state index in [1.165, 1.54) is 0 Å². The van der Waals surface area contributed by atoms with Gasteiger partial charge in [-0.2, -0.15) is 0 Å². The van der Waals surface area contributed by atoms with Crippen molar-refractivity contribution >= 4 is 12.1 Å². The minimum atomic E-state index is 0.562. The predicted octanol–water partition coefficient (Wildman–Crippen LogP) is 3.49. The van der Waals surface area contributed by atoms with E-state index < -0.39 is 0 Å². The molecule has 0 bridgehead atoms. The molecule has 0 saturated carbocycles. The summed E-state index contributed by atoms with van der Waals surface area (Å²) in [5.41, 5.74) is 4.16. The van der Waals surface area contributed by atoms with Crippen LogP contribution < -0.4 is 15.4 Å². The van der Waals surface area contributed by atoms with Gasteiger partial charge in [0.1, 0.15) is 12.4 Å². The van der Waals surface area contributed by atoms with Gasteiger partial charge in [-0.1, -0.05) is 30.3 Å². The number of aromatic nitrogens is 1. The number of ether oxygens (including phenoxy) is 1. The zero-order valence-electron chi connectivity index (χ0n) is 14.4. The zero-order chi connectivity index (χ0) is 18.0. The fourth-order valence-corrected chi connectivity index (χ4v) is 2.56. The lowest BCUT2D eigenvalue weighted by molar-refractivity contribution is -0.105. The third-order valence-corrected chi connectivity index (χ3v) is 3.86. The summed E-state index contributed by atoms with van der Waals surface area (Å²) in [7, 11) is 0. The predicted molar refractivity (Wildman–Crippen MR) is 103 cm³/mol. The maximum absolute atomic E-state index is 10.4. The van der Waals surface area contributed by atoms with Crippen molar-refractivity contribution in [3.8, 4) is 16.9 Å². The fourth-order valence-electron chi connectivity index (χ4n) is 2.56.